The molecule has 0 spiro atoms. The minimum Gasteiger partial charge on any atom is -0.440 e. The van der Waals surface area contributed by atoms with Crippen LogP contribution in [0.1, 0.15) is 69.6 Å². The lowest BCUT2D eigenvalue weighted by Gasteiger charge is -2.60. The molecule has 2 N–H and O–H groups in total. The van der Waals surface area contributed by atoms with E-state index >= 15 is 0 Å². The van der Waals surface area contributed by atoms with Gasteiger partial charge in [0.05, 0.1) is 5.60 Å². The van der Waals surface area contributed by atoms with Crippen LogP contribution in [0.15, 0.2) is 22.6 Å². The maximum atomic E-state index is 12.8. The lowest BCUT2D eigenvalue weighted by Crippen LogP contribution is -2.56. The van der Waals surface area contributed by atoms with Gasteiger partial charge in [-0.05, 0) is 86.8 Å². The first-order valence-corrected chi connectivity index (χ1v) is 10.4. The van der Waals surface area contributed by atoms with E-state index in [0.717, 1.165) is 67.6 Å². The molecule has 7 rings (SSSR count). The fourth-order valence-electron chi connectivity index (χ4n) is 6.68. The van der Waals surface area contributed by atoms with Crippen molar-refractivity contribution in [2.75, 3.05) is 5.32 Å². The van der Waals surface area contributed by atoms with Crippen molar-refractivity contribution in [1.29, 1.82) is 0 Å². The van der Waals surface area contributed by atoms with E-state index in [1.807, 2.05) is 18.2 Å². The van der Waals surface area contributed by atoms with Gasteiger partial charge in [-0.1, -0.05) is 0 Å². The van der Waals surface area contributed by atoms with Crippen LogP contribution in [0.4, 0.5) is 5.69 Å². The summed E-state index contributed by atoms with van der Waals surface area (Å²) in [5.74, 6) is 2.59. The van der Waals surface area contributed by atoms with Crippen LogP contribution in [0.5, 0.6) is 0 Å². The molecule has 0 radical (unpaired) electrons. The van der Waals surface area contributed by atoms with E-state index in [0.29, 0.717) is 24.2 Å². The van der Waals surface area contributed by atoms with Crippen molar-refractivity contribution in [3.8, 4) is 0 Å². The molecule has 2 atom stereocenters. The zero-order valence-electron chi connectivity index (χ0n) is 15.5. The highest BCUT2D eigenvalue weighted by atomic mass is 16.3. The molecule has 1 aromatic carbocycles. The van der Waals surface area contributed by atoms with Crippen LogP contribution in [0, 0.1) is 17.3 Å². The van der Waals surface area contributed by atoms with Gasteiger partial charge in [0, 0.05) is 18.0 Å². The van der Waals surface area contributed by atoms with Crippen LogP contribution in [0.2, 0.25) is 0 Å². The molecule has 1 aromatic heterocycles. The molecule has 4 bridgehead atoms. The normalized spacial score (nSPS) is 37.1. The molecular formula is C22H26N2O3. The van der Waals surface area contributed by atoms with E-state index in [2.05, 4.69) is 10.3 Å². The molecule has 1 amide bonds. The summed E-state index contributed by atoms with van der Waals surface area (Å²) in [6, 6.07) is 5.71. The Morgan fingerprint density at radius 3 is 2.70 bits per heavy atom. The van der Waals surface area contributed by atoms with E-state index in [-0.39, 0.29) is 11.3 Å². The highest BCUT2D eigenvalue weighted by Crippen LogP contribution is 2.62. The summed E-state index contributed by atoms with van der Waals surface area (Å²) in [6.07, 6.45) is 8.98. The van der Waals surface area contributed by atoms with E-state index in [1.54, 1.807) is 0 Å². The monoisotopic (exact) mass is 366 g/mol. The summed E-state index contributed by atoms with van der Waals surface area (Å²) in [5.41, 5.74) is 1.88. The summed E-state index contributed by atoms with van der Waals surface area (Å²) in [7, 11) is 0. The number of carbonyl (C=O) groups is 1. The predicted molar refractivity (Wildman–Crippen MR) is 101 cm³/mol. The Kier molecular flexibility index (Phi) is 3.19. The van der Waals surface area contributed by atoms with Crippen molar-refractivity contribution in [3.05, 3.63) is 24.1 Å². The number of rotatable bonds is 4. The Morgan fingerprint density at radius 2 is 2.00 bits per heavy atom. The third-order valence-electron chi connectivity index (χ3n) is 7.30. The highest BCUT2D eigenvalue weighted by molar-refractivity contribution is 5.93. The first-order valence-electron chi connectivity index (χ1n) is 10.4. The van der Waals surface area contributed by atoms with Crippen LogP contribution in [-0.4, -0.2) is 21.6 Å². The predicted octanol–water partition coefficient (Wildman–Crippen LogP) is 4.37. The first-order chi connectivity index (χ1) is 13.0. The van der Waals surface area contributed by atoms with Crippen LogP contribution in [-0.2, 0) is 4.79 Å². The minimum atomic E-state index is -0.511. The van der Waals surface area contributed by atoms with Gasteiger partial charge in [-0.3, -0.25) is 4.79 Å². The average molecular weight is 366 g/mol. The van der Waals surface area contributed by atoms with Crippen molar-refractivity contribution < 1.29 is 14.3 Å². The fraction of sp³-hybridized carbons (Fsp3) is 0.636. The molecule has 5 nitrogen and oxygen atoms in total. The van der Waals surface area contributed by atoms with Gasteiger partial charge in [0.25, 0.3) is 0 Å². The Morgan fingerprint density at radius 1 is 1.22 bits per heavy atom. The maximum absolute atomic E-state index is 12.8. The van der Waals surface area contributed by atoms with E-state index in [1.165, 1.54) is 6.42 Å². The number of aromatic nitrogens is 1. The fourth-order valence-corrected chi connectivity index (χ4v) is 6.68. The van der Waals surface area contributed by atoms with Crippen LogP contribution in [0.3, 0.4) is 0 Å². The Hall–Kier alpha value is -1.88. The molecule has 142 valence electrons. The van der Waals surface area contributed by atoms with Crippen molar-refractivity contribution in [3.63, 3.8) is 0 Å². The smallest absolute Gasteiger partial charge is 0.224 e. The van der Waals surface area contributed by atoms with Gasteiger partial charge in [0.1, 0.15) is 5.52 Å². The summed E-state index contributed by atoms with van der Waals surface area (Å²) in [6.45, 7) is 0. The number of fused-ring (bicyclic) bond motifs is 1. The number of benzene rings is 1. The summed E-state index contributed by atoms with van der Waals surface area (Å²) in [5, 5.41) is 14.0. The Bertz CT molecular complexity index is 915. The van der Waals surface area contributed by atoms with Crippen LogP contribution >= 0.6 is 0 Å². The second-order valence-corrected chi connectivity index (χ2v) is 9.92. The molecule has 5 fully saturated rings. The van der Waals surface area contributed by atoms with Crippen molar-refractivity contribution >= 4 is 22.7 Å². The molecule has 0 unspecified atom stereocenters. The molecule has 27 heavy (non-hydrogen) atoms. The number of hydrogen-bond donors (Lipinski definition) is 2. The summed E-state index contributed by atoms with van der Waals surface area (Å²) >= 11 is 0. The lowest BCUT2D eigenvalue weighted by atomic mass is 9.47. The zero-order valence-corrected chi connectivity index (χ0v) is 15.5. The highest BCUT2D eigenvalue weighted by Gasteiger charge is 2.57. The third kappa shape index (κ3) is 2.78. The standard InChI is InChI=1S/C22H26N2O3/c25-19(11-21-7-13-5-14(8-21)10-22(26,9-13)12-21)23-16-3-4-18-17(6-16)24-20(27-18)15-1-2-15/h3-4,6,13-15,26H,1-2,5,7-12H2,(H,23,25)/t13-,14-,21?,22?/m1/s1. The molecule has 2 aromatic rings. The molecule has 5 saturated carbocycles. The molecule has 0 saturated heterocycles. The average Bonchev–Trinajstić information content (AvgIpc) is 3.31. The van der Waals surface area contributed by atoms with Crippen molar-refractivity contribution in [2.45, 2.75) is 69.3 Å². The topological polar surface area (TPSA) is 75.4 Å². The van der Waals surface area contributed by atoms with Gasteiger partial charge in [-0.15, -0.1) is 0 Å². The number of carbonyl (C=O) groups excluding carboxylic acids is 1. The minimum absolute atomic E-state index is 0.0000508. The van der Waals surface area contributed by atoms with Gasteiger partial charge < -0.3 is 14.8 Å². The second kappa shape index (κ2) is 5.34. The molecule has 5 aliphatic carbocycles. The molecule has 1 heterocycles. The molecule has 5 heteroatoms. The number of nitrogens with one attached hydrogen (secondary N) is 1. The van der Waals surface area contributed by atoms with E-state index in [9.17, 15) is 9.90 Å². The number of aliphatic hydroxyl groups is 1. The number of hydrogen-bond acceptors (Lipinski definition) is 4. The molecule has 5 aliphatic rings. The number of oxazole rings is 1. The number of amides is 1. The van der Waals surface area contributed by atoms with Gasteiger partial charge in [0.2, 0.25) is 5.91 Å². The van der Waals surface area contributed by atoms with Gasteiger partial charge in [-0.25, -0.2) is 4.98 Å². The summed E-state index contributed by atoms with van der Waals surface area (Å²) in [4.78, 5) is 17.4. The SMILES string of the molecule is O=C(CC12C[C@H]3C[C@@H](CC(O)(C3)C1)C2)Nc1ccc2oc(C3CC3)nc2c1. The van der Waals surface area contributed by atoms with Gasteiger partial charge >= 0.3 is 0 Å². The maximum Gasteiger partial charge on any atom is 0.224 e. The van der Waals surface area contributed by atoms with E-state index in [4.69, 9.17) is 4.42 Å². The van der Waals surface area contributed by atoms with Crippen molar-refractivity contribution in [1.82, 2.24) is 4.98 Å². The second-order valence-electron chi connectivity index (χ2n) is 9.92. The summed E-state index contributed by atoms with van der Waals surface area (Å²) < 4.78 is 5.80. The zero-order chi connectivity index (χ0) is 18.2. The van der Waals surface area contributed by atoms with E-state index < -0.39 is 5.60 Å². The van der Waals surface area contributed by atoms with Crippen molar-refractivity contribution in [2.24, 2.45) is 17.3 Å². The van der Waals surface area contributed by atoms with Crippen LogP contribution in [0.25, 0.3) is 11.1 Å². The largest absolute Gasteiger partial charge is 0.440 e. The quantitative estimate of drug-likeness (QED) is 0.843. The van der Waals surface area contributed by atoms with Crippen LogP contribution < -0.4 is 5.32 Å². The van der Waals surface area contributed by atoms with Gasteiger partial charge in [0.15, 0.2) is 11.5 Å². The Balaban J connectivity index is 1.19. The molecular weight excluding hydrogens is 340 g/mol. The molecule has 0 aliphatic heterocycles. The number of nitrogens with zero attached hydrogens (tertiary/aromatic N) is 1. The lowest BCUT2D eigenvalue weighted by molar-refractivity contribution is -0.167. The number of anilines is 1. The Labute approximate surface area is 158 Å². The van der Waals surface area contributed by atoms with Gasteiger partial charge in [-0.2, -0.15) is 0 Å². The first kappa shape index (κ1) is 16.1. The third-order valence-corrected chi connectivity index (χ3v) is 7.30.